The Morgan fingerprint density at radius 1 is 1.17 bits per heavy atom. The predicted octanol–water partition coefficient (Wildman–Crippen LogP) is 3.31. The van der Waals surface area contributed by atoms with Gasteiger partial charge >= 0.3 is 0 Å². The number of benzene rings is 1. The van der Waals surface area contributed by atoms with Gasteiger partial charge in [0.1, 0.15) is 11.9 Å². The monoisotopic (exact) mass is 312 g/mol. The van der Waals surface area contributed by atoms with Crippen LogP contribution >= 0.6 is 0 Å². The molecule has 3 rings (SSSR count). The molecule has 0 unspecified atom stereocenters. The molecule has 122 valence electrons. The van der Waals surface area contributed by atoms with Crippen molar-refractivity contribution in [3.05, 3.63) is 59.9 Å². The van der Waals surface area contributed by atoms with Crippen LogP contribution in [0.1, 0.15) is 37.1 Å². The van der Waals surface area contributed by atoms with E-state index >= 15 is 0 Å². The van der Waals surface area contributed by atoms with Crippen molar-refractivity contribution in [1.29, 1.82) is 0 Å². The highest BCUT2D eigenvalue weighted by molar-refractivity contribution is 5.36. The van der Waals surface area contributed by atoms with Gasteiger partial charge in [0, 0.05) is 19.3 Å². The zero-order chi connectivity index (χ0) is 16.1. The van der Waals surface area contributed by atoms with Crippen molar-refractivity contribution in [2.24, 2.45) is 0 Å². The molecule has 1 saturated heterocycles. The van der Waals surface area contributed by atoms with Gasteiger partial charge in [-0.2, -0.15) is 0 Å². The van der Waals surface area contributed by atoms with Crippen molar-refractivity contribution in [3.63, 3.8) is 0 Å². The largest absolute Gasteiger partial charge is 0.481 e. The normalized spacial score (nSPS) is 19.5. The number of morpholine rings is 1. The number of hydrogen-bond donors (Lipinski definition) is 1. The second-order valence-corrected chi connectivity index (χ2v) is 6.10. The minimum absolute atomic E-state index is 0.0427. The first-order valence-corrected chi connectivity index (χ1v) is 8.24. The van der Waals surface area contributed by atoms with E-state index in [4.69, 9.17) is 9.47 Å². The lowest BCUT2D eigenvalue weighted by Crippen LogP contribution is -2.43. The van der Waals surface area contributed by atoms with E-state index in [1.54, 1.807) is 6.20 Å². The highest BCUT2D eigenvalue weighted by atomic mass is 16.5. The number of aromatic nitrogens is 1. The highest BCUT2D eigenvalue weighted by Crippen LogP contribution is 2.32. The van der Waals surface area contributed by atoms with Crippen molar-refractivity contribution in [1.82, 2.24) is 10.3 Å². The van der Waals surface area contributed by atoms with E-state index in [0.29, 0.717) is 12.5 Å². The molecule has 23 heavy (non-hydrogen) atoms. The third kappa shape index (κ3) is 3.89. The fraction of sp³-hybridized carbons (Fsp3) is 0.421. The van der Waals surface area contributed by atoms with E-state index in [9.17, 15) is 0 Å². The van der Waals surface area contributed by atoms with Crippen LogP contribution in [0.25, 0.3) is 0 Å². The van der Waals surface area contributed by atoms with Gasteiger partial charge in [-0.05, 0) is 29.7 Å². The summed E-state index contributed by atoms with van der Waals surface area (Å²) in [5.41, 5.74) is 2.11. The molecule has 0 saturated carbocycles. The fourth-order valence-electron chi connectivity index (χ4n) is 2.85. The van der Waals surface area contributed by atoms with Crippen molar-refractivity contribution in [2.75, 3.05) is 19.7 Å². The van der Waals surface area contributed by atoms with Crippen molar-refractivity contribution in [3.8, 4) is 5.75 Å². The Morgan fingerprint density at radius 2 is 2.00 bits per heavy atom. The number of para-hydroxylation sites is 1. The predicted molar refractivity (Wildman–Crippen MR) is 90.7 cm³/mol. The topological polar surface area (TPSA) is 43.4 Å². The van der Waals surface area contributed by atoms with E-state index < -0.39 is 0 Å². The summed E-state index contributed by atoms with van der Waals surface area (Å²) in [6.07, 6.45) is 1.54. The van der Waals surface area contributed by atoms with E-state index in [1.165, 1.54) is 5.56 Å². The summed E-state index contributed by atoms with van der Waals surface area (Å²) in [5, 5.41) is 3.38. The van der Waals surface area contributed by atoms with Crippen LogP contribution in [0.4, 0.5) is 0 Å². The van der Waals surface area contributed by atoms with E-state index in [2.05, 4.69) is 36.3 Å². The fourth-order valence-corrected chi connectivity index (χ4v) is 2.85. The Kier molecular flexibility index (Phi) is 5.26. The molecule has 1 N–H and O–H groups in total. The maximum absolute atomic E-state index is 6.40. The minimum atomic E-state index is -0.219. The third-order valence-electron chi connectivity index (χ3n) is 4.07. The van der Waals surface area contributed by atoms with Crippen LogP contribution in [-0.4, -0.2) is 30.8 Å². The molecular formula is C19H24N2O2. The second-order valence-electron chi connectivity index (χ2n) is 6.10. The molecule has 1 aliphatic rings. The number of nitrogens with one attached hydrogen (secondary N) is 1. The van der Waals surface area contributed by atoms with Gasteiger partial charge in [0.15, 0.2) is 6.10 Å². The molecule has 1 aromatic carbocycles. The van der Waals surface area contributed by atoms with Crippen molar-refractivity contribution < 1.29 is 9.47 Å². The number of nitrogens with zero attached hydrogens (tertiary/aromatic N) is 1. The van der Waals surface area contributed by atoms with Crippen LogP contribution in [0, 0.1) is 0 Å². The maximum Gasteiger partial charge on any atom is 0.168 e. The molecule has 0 radical (unpaired) electrons. The van der Waals surface area contributed by atoms with Gasteiger partial charge in [-0.15, -0.1) is 0 Å². The molecule has 1 fully saturated rings. The molecule has 0 aliphatic carbocycles. The summed E-state index contributed by atoms with van der Waals surface area (Å²) in [6.45, 7) is 6.70. The van der Waals surface area contributed by atoms with E-state index in [0.717, 1.165) is 24.5 Å². The van der Waals surface area contributed by atoms with Crippen LogP contribution in [0.3, 0.4) is 0 Å². The minimum Gasteiger partial charge on any atom is -0.481 e. The van der Waals surface area contributed by atoms with Crippen molar-refractivity contribution in [2.45, 2.75) is 32.0 Å². The SMILES string of the molecule is CC(C)c1ccccc1O[C@@H](c1ccccn1)[C@@H]1CNCCO1. The molecule has 2 aromatic rings. The average molecular weight is 312 g/mol. The highest BCUT2D eigenvalue weighted by Gasteiger charge is 2.29. The zero-order valence-corrected chi connectivity index (χ0v) is 13.7. The second kappa shape index (κ2) is 7.57. The molecule has 1 aliphatic heterocycles. The van der Waals surface area contributed by atoms with Gasteiger partial charge in [-0.3, -0.25) is 4.98 Å². The van der Waals surface area contributed by atoms with Crippen LogP contribution in [-0.2, 0) is 4.74 Å². The molecule has 2 heterocycles. The Balaban J connectivity index is 1.90. The van der Waals surface area contributed by atoms with Crippen LogP contribution < -0.4 is 10.1 Å². The molecule has 0 amide bonds. The summed E-state index contributed by atoms with van der Waals surface area (Å²) >= 11 is 0. The lowest BCUT2D eigenvalue weighted by molar-refractivity contribution is -0.0450. The van der Waals surface area contributed by atoms with Crippen LogP contribution in [0.5, 0.6) is 5.75 Å². The molecule has 2 atom stereocenters. The lowest BCUT2D eigenvalue weighted by atomic mass is 10.0. The van der Waals surface area contributed by atoms with Gasteiger partial charge in [-0.25, -0.2) is 0 Å². The molecule has 0 spiro atoms. The maximum atomic E-state index is 6.40. The van der Waals surface area contributed by atoms with E-state index in [-0.39, 0.29) is 12.2 Å². The van der Waals surface area contributed by atoms with Crippen LogP contribution in [0.2, 0.25) is 0 Å². The number of hydrogen-bond acceptors (Lipinski definition) is 4. The lowest BCUT2D eigenvalue weighted by Gasteiger charge is -2.31. The standard InChI is InChI=1S/C19H24N2O2/c1-14(2)15-7-3-4-9-17(15)23-19(16-8-5-6-10-21-16)18-13-20-11-12-22-18/h3-10,14,18-20H,11-13H2,1-2H3/t18-,19-/m0/s1. The molecule has 1 aromatic heterocycles. The van der Waals surface area contributed by atoms with E-state index in [1.807, 2.05) is 30.3 Å². The number of pyridine rings is 1. The first-order valence-electron chi connectivity index (χ1n) is 8.24. The van der Waals surface area contributed by atoms with Crippen molar-refractivity contribution >= 4 is 0 Å². The Hall–Kier alpha value is -1.91. The smallest absolute Gasteiger partial charge is 0.168 e. The molecule has 0 bridgehead atoms. The average Bonchev–Trinajstić information content (AvgIpc) is 2.61. The number of ether oxygens (including phenoxy) is 2. The summed E-state index contributed by atoms with van der Waals surface area (Å²) in [4.78, 5) is 4.49. The third-order valence-corrected chi connectivity index (χ3v) is 4.07. The zero-order valence-electron chi connectivity index (χ0n) is 13.7. The quantitative estimate of drug-likeness (QED) is 0.920. The van der Waals surface area contributed by atoms with Gasteiger partial charge in [0.25, 0.3) is 0 Å². The first kappa shape index (κ1) is 16.0. The molecule has 4 nitrogen and oxygen atoms in total. The first-order chi connectivity index (χ1) is 11.3. The Morgan fingerprint density at radius 3 is 2.70 bits per heavy atom. The summed E-state index contributed by atoms with van der Waals surface area (Å²) in [7, 11) is 0. The molecule has 4 heteroatoms. The Bertz CT molecular complexity index is 610. The van der Waals surface area contributed by atoms with Gasteiger partial charge < -0.3 is 14.8 Å². The summed E-state index contributed by atoms with van der Waals surface area (Å²) in [5.74, 6) is 1.31. The summed E-state index contributed by atoms with van der Waals surface area (Å²) < 4.78 is 12.3. The van der Waals surface area contributed by atoms with Gasteiger partial charge in [0.2, 0.25) is 0 Å². The van der Waals surface area contributed by atoms with Crippen LogP contribution in [0.15, 0.2) is 48.7 Å². The number of rotatable bonds is 5. The molecular weight excluding hydrogens is 288 g/mol. The van der Waals surface area contributed by atoms with Gasteiger partial charge in [-0.1, -0.05) is 38.1 Å². The van der Waals surface area contributed by atoms with Gasteiger partial charge in [0.05, 0.1) is 12.3 Å². The Labute approximate surface area is 137 Å². The summed E-state index contributed by atoms with van der Waals surface area (Å²) in [6, 6.07) is 14.1.